The van der Waals surface area contributed by atoms with Gasteiger partial charge in [-0.25, -0.2) is 9.97 Å². The van der Waals surface area contributed by atoms with Gasteiger partial charge in [0.25, 0.3) is 0 Å². The van der Waals surface area contributed by atoms with Crippen molar-refractivity contribution in [2.75, 3.05) is 0 Å². The van der Waals surface area contributed by atoms with Gasteiger partial charge in [-0.2, -0.15) is 0 Å². The Hall–Kier alpha value is -2.66. The molecule has 0 bridgehead atoms. The third-order valence-corrected chi connectivity index (χ3v) is 3.48. The van der Waals surface area contributed by atoms with Crippen molar-refractivity contribution < 1.29 is 0 Å². The second kappa shape index (κ2) is 4.18. The van der Waals surface area contributed by atoms with Gasteiger partial charge in [0.1, 0.15) is 12.0 Å². The zero-order valence-corrected chi connectivity index (χ0v) is 10.8. The van der Waals surface area contributed by atoms with Crippen molar-refractivity contribution in [1.29, 1.82) is 0 Å². The Kier molecular flexibility index (Phi) is 2.34. The standard InChI is InChI=1S/C15H13N5/c16-9-13-15(18-14-7-3-4-8-19(13)14)20-10-17-11-5-1-2-6-12(11)20/h1-8,10H,9,16H2. The predicted molar refractivity (Wildman–Crippen MR) is 77.7 cm³/mol. The van der Waals surface area contributed by atoms with Crippen LogP contribution in [-0.2, 0) is 6.54 Å². The maximum absolute atomic E-state index is 5.92. The Morgan fingerprint density at radius 1 is 1.05 bits per heavy atom. The van der Waals surface area contributed by atoms with E-state index in [9.17, 15) is 0 Å². The highest BCUT2D eigenvalue weighted by atomic mass is 15.2. The van der Waals surface area contributed by atoms with Crippen molar-refractivity contribution in [1.82, 2.24) is 18.9 Å². The van der Waals surface area contributed by atoms with E-state index in [4.69, 9.17) is 5.73 Å². The van der Waals surface area contributed by atoms with Crippen LogP contribution in [0.5, 0.6) is 0 Å². The number of nitrogens with zero attached hydrogens (tertiary/aromatic N) is 4. The number of rotatable bonds is 2. The molecule has 0 amide bonds. The molecule has 0 aliphatic heterocycles. The molecule has 0 unspecified atom stereocenters. The van der Waals surface area contributed by atoms with Crippen molar-refractivity contribution in [3.05, 3.63) is 60.7 Å². The zero-order chi connectivity index (χ0) is 13.5. The molecule has 0 aliphatic rings. The van der Waals surface area contributed by atoms with Crippen LogP contribution >= 0.6 is 0 Å². The molecule has 0 spiro atoms. The molecule has 4 aromatic rings. The summed E-state index contributed by atoms with van der Waals surface area (Å²) in [4.78, 5) is 9.10. The van der Waals surface area contributed by atoms with E-state index in [0.717, 1.165) is 28.2 Å². The molecule has 3 heterocycles. The van der Waals surface area contributed by atoms with E-state index in [0.29, 0.717) is 6.54 Å². The molecule has 0 saturated carbocycles. The van der Waals surface area contributed by atoms with Crippen molar-refractivity contribution >= 4 is 16.7 Å². The van der Waals surface area contributed by atoms with Gasteiger partial charge in [-0.05, 0) is 24.3 Å². The first-order chi connectivity index (χ1) is 9.88. The van der Waals surface area contributed by atoms with Crippen LogP contribution in [0.4, 0.5) is 0 Å². The number of pyridine rings is 1. The highest BCUT2D eigenvalue weighted by Gasteiger charge is 2.14. The molecular weight excluding hydrogens is 250 g/mol. The van der Waals surface area contributed by atoms with Crippen LogP contribution in [0, 0.1) is 0 Å². The molecule has 5 heteroatoms. The fourth-order valence-electron chi connectivity index (χ4n) is 2.54. The topological polar surface area (TPSA) is 61.1 Å². The van der Waals surface area contributed by atoms with E-state index in [-0.39, 0.29) is 0 Å². The lowest BCUT2D eigenvalue weighted by atomic mass is 10.3. The highest BCUT2D eigenvalue weighted by molar-refractivity contribution is 5.77. The minimum absolute atomic E-state index is 0.424. The number of hydrogen-bond donors (Lipinski definition) is 1. The van der Waals surface area contributed by atoms with Gasteiger partial charge in [-0.3, -0.25) is 4.57 Å². The highest BCUT2D eigenvalue weighted by Crippen LogP contribution is 2.21. The molecule has 98 valence electrons. The average Bonchev–Trinajstić information content (AvgIpc) is 3.07. The Bertz CT molecular complexity index is 903. The van der Waals surface area contributed by atoms with E-state index in [1.807, 2.05) is 57.6 Å². The smallest absolute Gasteiger partial charge is 0.162 e. The SMILES string of the molecule is NCc1c(-n2cnc3ccccc32)nc2ccccn12. The number of benzene rings is 1. The first-order valence-electron chi connectivity index (χ1n) is 6.47. The molecule has 4 rings (SSSR count). The van der Waals surface area contributed by atoms with Crippen LogP contribution < -0.4 is 5.73 Å². The summed E-state index contributed by atoms with van der Waals surface area (Å²) in [6.07, 6.45) is 3.78. The van der Waals surface area contributed by atoms with Gasteiger partial charge in [-0.1, -0.05) is 18.2 Å². The maximum atomic E-state index is 5.92. The van der Waals surface area contributed by atoms with E-state index in [1.165, 1.54) is 0 Å². The number of fused-ring (bicyclic) bond motifs is 2. The second-order valence-electron chi connectivity index (χ2n) is 4.62. The summed E-state index contributed by atoms with van der Waals surface area (Å²) in [7, 11) is 0. The molecule has 0 aliphatic carbocycles. The van der Waals surface area contributed by atoms with Crippen LogP contribution in [0.1, 0.15) is 5.69 Å². The molecule has 20 heavy (non-hydrogen) atoms. The number of hydrogen-bond acceptors (Lipinski definition) is 3. The molecular formula is C15H13N5. The van der Waals surface area contributed by atoms with Gasteiger partial charge in [0.15, 0.2) is 5.82 Å². The Balaban J connectivity index is 2.07. The largest absolute Gasteiger partial charge is 0.325 e. The minimum atomic E-state index is 0.424. The summed E-state index contributed by atoms with van der Waals surface area (Å²) in [5.74, 6) is 0.840. The maximum Gasteiger partial charge on any atom is 0.162 e. The Morgan fingerprint density at radius 2 is 1.90 bits per heavy atom. The Labute approximate surface area is 115 Å². The lowest BCUT2D eigenvalue weighted by Gasteiger charge is -2.03. The minimum Gasteiger partial charge on any atom is -0.325 e. The average molecular weight is 263 g/mol. The monoisotopic (exact) mass is 263 g/mol. The van der Waals surface area contributed by atoms with Crippen LogP contribution in [0.15, 0.2) is 55.0 Å². The number of nitrogens with two attached hydrogens (primary N) is 1. The molecule has 1 aromatic carbocycles. The van der Waals surface area contributed by atoms with Gasteiger partial charge >= 0.3 is 0 Å². The lowest BCUT2D eigenvalue weighted by molar-refractivity contribution is 0.922. The molecule has 0 atom stereocenters. The quantitative estimate of drug-likeness (QED) is 0.602. The van der Waals surface area contributed by atoms with Crippen LogP contribution in [0.25, 0.3) is 22.5 Å². The third kappa shape index (κ3) is 1.47. The summed E-state index contributed by atoms with van der Waals surface area (Å²) >= 11 is 0. The Morgan fingerprint density at radius 3 is 2.80 bits per heavy atom. The van der Waals surface area contributed by atoms with E-state index < -0.39 is 0 Å². The molecule has 3 aromatic heterocycles. The summed E-state index contributed by atoms with van der Waals surface area (Å²) in [6, 6.07) is 13.9. The molecule has 2 N–H and O–H groups in total. The number of aromatic nitrogens is 4. The van der Waals surface area contributed by atoms with Gasteiger partial charge in [0, 0.05) is 12.7 Å². The van der Waals surface area contributed by atoms with Crippen molar-refractivity contribution in [3.63, 3.8) is 0 Å². The van der Waals surface area contributed by atoms with Crippen LogP contribution in [0.2, 0.25) is 0 Å². The normalized spacial score (nSPS) is 11.4. The van der Waals surface area contributed by atoms with Gasteiger partial charge < -0.3 is 10.1 Å². The van der Waals surface area contributed by atoms with E-state index >= 15 is 0 Å². The summed E-state index contributed by atoms with van der Waals surface area (Å²) in [6.45, 7) is 0.424. The van der Waals surface area contributed by atoms with Crippen LogP contribution in [-0.4, -0.2) is 18.9 Å². The summed E-state index contributed by atoms with van der Waals surface area (Å²) in [5.41, 5.74) is 9.77. The van der Waals surface area contributed by atoms with Gasteiger partial charge in [0.2, 0.25) is 0 Å². The van der Waals surface area contributed by atoms with Crippen LogP contribution in [0.3, 0.4) is 0 Å². The fourth-order valence-corrected chi connectivity index (χ4v) is 2.54. The third-order valence-electron chi connectivity index (χ3n) is 3.48. The summed E-state index contributed by atoms with van der Waals surface area (Å²) < 4.78 is 4.01. The number of para-hydroxylation sites is 2. The first kappa shape index (κ1) is 11.2. The fraction of sp³-hybridized carbons (Fsp3) is 0.0667. The lowest BCUT2D eigenvalue weighted by Crippen LogP contribution is -2.05. The molecule has 0 saturated heterocycles. The molecule has 0 fully saturated rings. The number of imidazole rings is 2. The first-order valence-corrected chi connectivity index (χ1v) is 6.47. The van der Waals surface area contributed by atoms with Crippen molar-refractivity contribution in [2.45, 2.75) is 6.54 Å². The van der Waals surface area contributed by atoms with Gasteiger partial charge in [-0.15, -0.1) is 0 Å². The van der Waals surface area contributed by atoms with E-state index in [1.54, 1.807) is 6.33 Å². The molecule has 5 nitrogen and oxygen atoms in total. The second-order valence-corrected chi connectivity index (χ2v) is 4.62. The zero-order valence-electron chi connectivity index (χ0n) is 10.8. The molecule has 0 radical (unpaired) electrons. The van der Waals surface area contributed by atoms with Gasteiger partial charge in [0.05, 0.1) is 16.7 Å². The van der Waals surface area contributed by atoms with Crippen molar-refractivity contribution in [2.24, 2.45) is 5.73 Å². The summed E-state index contributed by atoms with van der Waals surface area (Å²) in [5, 5.41) is 0. The predicted octanol–water partition coefficient (Wildman–Crippen LogP) is 2.13. The van der Waals surface area contributed by atoms with E-state index in [2.05, 4.69) is 9.97 Å². The van der Waals surface area contributed by atoms with Crippen molar-refractivity contribution in [3.8, 4) is 5.82 Å².